The van der Waals surface area contributed by atoms with Gasteiger partial charge in [0.15, 0.2) is 11.6 Å². The minimum atomic E-state index is -0.884. The van der Waals surface area contributed by atoms with E-state index in [-0.39, 0.29) is 17.1 Å². The standard InChI is InChI=1S/C11H12FNO4/c1-6(7(2)14)10-8(13(15)16)4-5-9(17-3)11(10)12/h4-6H,1-3H3. The normalized spacial score (nSPS) is 12.0. The number of carbonyl (C=O) groups is 1. The number of benzene rings is 1. The largest absolute Gasteiger partial charge is 0.494 e. The highest BCUT2D eigenvalue weighted by atomic mass is 19.1. The van der Waals surface area contributed by atoms with E-state index in [4.69, 9.17) is 4.74 Å². The van der Waals surface area contributed by atoms with Gasteiger partial charge in [-0.3, -0.25) is 14.9 Å². The van der Waals surface area contributed by atoms with Crippen LogP contribution in [0.1, 0.15) is 25.3 Å². The van der Waals surface area contributed by atoms with Crippen molar-refractivity contribution in [2.75, 3.05) is 7.11 Å². The van der Waals surface area contributed by atoms with Crippen molar-refractivity contribution >= 4 is 11.5 Å². The molecule has 0 N–H and O–H groups in total. The maximum Gasteiger partial charge on any atom is 0.276 e. The number of halogens is 1. The molecule has 0 saturated carbocycles. The lowest BCUT2D eigenvalue weighted by molar-refractivity contribution is -0.385. The van der Waals surface area contributed by atoms with Crippen molar-refractivity contribution in [3.05, 3.63) is 33.6 Å². The fraction of sp³-hybridized carbons (Fsp3) is 0.364. The van der Waals surface area contributed by atoms with E-state index in [9.17, 15) is 19.3 Å². The van der Waals surface area contributed by atoms with Crippen LogP contribution in [0.25, 0.3) is 0 Å². The Bertz CT molecular complexity index is 473. The molecule has 0 aliphatic rings. The summed E-state index contributed by atoms with van der Waals surface area (Å²) in [5.74, 6) is -2.20. The van der Waals surface area contributed by atoms with Gasteiger partial charge in [-0.2, -0.15) is 0 Å². The summed E-state index contributed by atoms with van der Waals surface area (Å²) in [6.45, 7) is 2.68. The molecule has 0 bridgehead atoms. The molecular weight excluding hydrogens is 229 g/mol. The van der Waals surface area contributed by atoms with Gasteiger partial charge in [0.05, 0.1) is 17.6 Å². The van der Waals surface area contributed by atoms with Crippen molar-refractivity contribution in [2.45, 2.75) is 19.8 Å². The molecule has 0 fully saturated rings. The first kappa shape index (κ1) is 13.1. The molecule has 0 aromatic heterocycles. The Labute approximate surface area is 97.3 Å². The van der Waals surface area contributed by atoms with Crippen molar-refractivity contribution in [1.29, 1.82) is 0 Å². The molecule has 0 spiro atoms. The van der Waals surface area contributed by atoms with Crippen LogP contribution in [0.2, 0.25) is 0 Å². The summed E-state index contributed by atoms with van der Waals surface area (Å²) in [6.07, 6.45) is 0. The Morgan fingerprint density at radius 2 is 2.12 bits per heavy atom. The predicted octanol–water partition coefficient (Wildman–Crippen LogP) is 2.44. The molecule has 0 saturated heterocycles. The SMILES string of the molecule is COc1ccc([N+](=O)[O-])c(C(C)C(C)=O)c1F. The van der Waals surface area contributed by atoms with Gasteiger partial charge < -0.3 is 4.74 Å². The van der Waals surface area contributed by atoms with E-state index in [1.807, 2.05) is 0 Å². The average molecular weight is 241 g/mol. The molecule has 1 aromatic rings. The number of methoxy groups -OCH3 is 1. The molecule has 0 aliphatic carbocycles. The summed E-state index contributed by atoms with van der Waals surface area (Å²) >= 11 is 0. The van der Waals surface area contributed by atoms with Crippen LogP contribution in [0.4, 0.5) is 10.1 Å². The van der Waals surface area contributed by atoms with Gasteiger partial charge in [0.1, 0.15) is 5.78 Å². The third kappa shape index (κ3) is 2.41. The zero-order chi connectivity index (χ0) is 13.2. The predicted molar refractivity (Wildman–Crippen MR) is 58.7 cm³/mol. The molecule has 1 aromatic carbocycles. The lowest BCUT2D eigenvalue weighted by Crippen LogP contribution is -2.10. The summed E-state index contributed by atoms with van der Waals surface area (Å²) in [5.41, 5.74) is -0.646. The molecule has 17 heavy (non-hydrogen) atoms. The Hall–Kier alpha value is -1.98. The Balaban J connectivity index is 3.50. The molecule has 0 amide bonds. The van der Waals surface area contributed by atoms with E-state index < -0.39 is 22.3 Å². The van der Waals surface area contributed by atoms with Crippen molar-refractivity contribution < 1.29 is 18.8 Å². The Morgan fingerprint density at radius 3 is 2.53 bits per heavy atom. The fourth-order valence-electron chi connectivity index (χ4n) is 1.49. The van der Waals surface area contributed by atoms with Gasteiger partial charge in [-0.25, -0.2) is 4.39 Å². The molecular formula is C11H12FNO4. The van der Waals surface area contributed by atoms with E-state index in [0.29, 0.717) is 0 Å². The van der Waals surface area contributed by atoms with E-state index in [1.54, 1.807) is 0 Å². The summed E-state index contributed by atoms with van der Waals surface area (Å²) < 4.78 is 18.7. The number of carbonyl (C=O) groups excluding carboxylic acids is 1. The van der Waals surface area contributed by atoms with Gasteiger partial charge >= 0.3 is 0 Å². The lowest BCUT2D eigenvalue weighted by atomic mass is 9.95. The van der Waals surface area contributed by atoms with Crippen LogP contribution in [0.3, 0.4) is 0 Å². The highest BCUT2D eigenvalue weighted by Gasteiger charge is 2.28. The first-order valence-corrected chi connectivity index (χ1v) is 4.91. The van der Waals surface area contributed by atoms with Gasteiger partial charge in [0.2, 0.25) is 0 Å². The zero-order valence-corrected chi connectivity index (χ0v) is 9.69. The first-order valence-electron chi connectivity index (χ1n) is 4.91. The molecule has 92 valence electrons. The highest BCUT2D eigenvalue weighted by molar-refractivity contribution is 5.84. The molecule has 6 heteroatoms. The van der Waals surface area contributed by atoms with Gasteiger partial charge in [-0.05, 0) is 13.0 Å². The minimum Gasteiger partial charge on any atom is -0.494 e. The zero-order valence-electron chi connectivity index (χ0n) is 9.69. The van der Waals surface area contributed by atoms with Crippen LogP contribution in [0.5, 0.6) is 5.75 Å². The second kappa shape index (κ2) is 4.90. The summed E-state index contributed by atoms with van der Waals surface area (Å²) in [5, 5.41) is 10.8. The number of nitrogens with zero attached hydrogens (tertiary/aromatic N) is 1. The van der Waals surface area contributed by atoms with Gasteiger partial charge in [-0.1, -0.05) is 6.92 Å². The smallest absolute Gasteiger partial charge is 0.276 e. The Morgan fingerprint density at radius 1 is 1.53 bits per heavy atom. The van der Waals surface area contributed by atoms with Gasteiger partial charge in [0.25, 0.3) is 5.69 Å². The third-order valence-electron chi connectivity index (χ3n) is 2.58. The van der Waals surface area contributed by atoms with E-state index in [1.165, 1.54) is 27.0 Å². The number of rotatable bonds is 4. The molecule has 1 unspecified atom stereocenters. The van der Waals surface area contributed by atoms with Crippen LogP contribution in [0, 0.1) is 15.9 Å². The molecule has 0 aliphatic heterocycles. The maximum absolute atomic E-state index is 13.9. The summed E-state index contributed by atoms with van der Waals surface area (Å²) in [4.78, 5) is 21.3. The van der Waals surface area contributed by atoms with Gasteiger partial charge in [0, 0.05) is 12.0 Å². The summed E-state index contributed by atoms with van der Waals surface area (Å²) in [7, 11) is 1.26. The monoisotopic (exact) mass is 241 g/mol. The first-order chi connectivity index (χ1) is 7.90. The quantitative estimate of drug-likeness (QED) is 0.599. The number of ether oxygens (including phenoxy) is 1. The number of Topliss-reactive ketones (excluding diaryl/α,β-unsaturated/α-hetero) is 1. The van der Waals surface area contributed by atoms with Crippen molar-refractivity contribution in [1.82, 2.24) is 0 Å². The number of ketones is 1. The van der Waals surface area contributed by atoms with Crippen LogP contribution in [-0.2, 0) is 4.79 Å². The van der Waals surface area contributed by atoms with Crippen LogP contribution >= 0.6 is 0 Å². The van der Waals surface area contributed by atoms with Gasteiger partial charge in [-0.15, -0.1) is 0 Å². The summed E-state index contributed by atoms with van der Waals surface area (Å²) in [6, 6.07) is 2.31. The van der Waals surface area contributed by atoms with Crippen molar-refractivity contribution in [3.63, 3.8) is 0 Å². The van der Waals surface area contributed by atoms with Crippen LogP contribution in [-0.4, -0.2) is 17.8 Å². The van der Waals surface area contributed by atoms with Crippen LogP contribution in [0.15, 0.2) is 12.1 Å². The molecule has 0 radical (unpaired) electrons. The lowest BCUT2D eigenvalue weighted by Gasteiger charge is -2.12. The highest BCUT2D eigenvalue weighted by Crippen LogP contribution is 2.34. The van der Waals surface area contributed by atoms with E-state index in [0.717, 1.165) is 6.07 Å². The fourth-order valence-corrected chi connectivity index (χ4v) is 1.49. The second-order valence-electron chi connectivity index (χ2n) is 3.60. The molecule has 5 nitrogen and oxygen atoms in total. The Kier molecular flexibility index (Phi) is 3.77. The third-order valence-corrected chi connectivity index (χ3v) is 2.58. The number of nitro benzene ring substituents is 1. The average Bonchev–Trinajstić information content (AvgIpc) is 2.27. The number of hydrogen-bond acceptors (Lipinski definition) is 4. The van der Waals surface area contributed by atoms with E-state index in [2.05, 4.69) is 0 Å². The topological polar surface area (TPSA) is 69.4 Å². The molecule has 0 heterocycles. The number of nitro groups is 1. The number of hydrogen-bond donors (Lipinski definition) is 0. The van der Waals surface area contributed by atoms with Crippen molar-refractivity contribution in [3.8, 4) is 5.75 Å². The molecule has 1 rings (SSSR count). The maximum atomic E-state index is 13.9. The molecule has 1 atom stereocenters. The second-order valence-corrected chi connectivity index (χ2v) is 3.60. The van der Waals surface area contributed by atoms with Crippen LogP contribution < -0.4 is 4.74 Å². The van der Waals surface area contributed by atoms with Crippen molar-refractivity contribution in [2.24, 2.45) is 0 Å². The minimum absolute atomic E-state index is 0.112. The van der Waals surface area contributed by atoms with E-state index >= 15 is 0 Å².